The minimum absolute atomic E-state index is 0.256. The molecule has 1 unspecified atom stereocenters. The summed E-state index contributed by atoms with van der Waals surface area (Å²) in [5.41, 5.74) is 3.94. The maximum atomic E-state index is 3.65. The highest BCUT2D eigenvalue weighted by Crippen LogP contribution is 2.35. The Morgan fingerprint density at radius 1 is 1.16 bits per heavy atom. The highest BCUT2D eigenvalue weighted by atomic mass is 79.9. The molecule has 0 aliphatic heterocycles. The van der Waals surface area contributed by atoms with E-state index in [1.54, 1.807) is 11.3 Å². The molecule has 1 N–H and O–H groups in total. The molecule has 0 amide bonds. The van der Waals surface area contributed by atoms with Gasteiger partial charge in [0.2, 0.25) is 0 Å². The summed E-state index contributed by atoms with van der Waals surface area (Å²) in [7, 11) is 0. The molecule has 1 aromatic heterocycles. The average molecular weight is 403 g/mol. The van der Waals surface area contributed by atoms with Gasteiger partial charge in [-0.2, -0.15) is 0 Å². The Kier molecular flexibility index (Phi) is 5.23. The summed E-state index contributed by atoms with van der Waals surface area (Å²) in [6, 6.07) is 6.85. The van der Waals surface area contributed by atoms with Gasteiger partial charge in [0.25, 0.3) is 0 Å². The number of hydrogen-bond acceptors (Lipinski definition) is 2. The molecule has 2 rings (SSSR count). The SMILES string of the molecule is CCNC(c1cc(C)c(Br)cc1C)c1sccc1Br. The summed E-state index contributed by atoms with van der Waals surface area (Å²) in [6.45, 7) is 7.41. The van der Waals surface area contributed by atoms with Crippen molar-refractivity contribution in [2.45, 2.75) is 26.8 Å². The highest BCUT2D eigenvalue weighted by molar-refractivity contribution is 9.10. The third kappa shape index (κ3) is 3.30. The first-order valence-electron chi connectivity index (χ1n) is 6.27. The van der Waals surface area contributed by atoms with Crippen LogP contribution in [0.25, 0.3) is 0 Å². The van der Waals surface area contributed by atoms with Gasteiger partial charge in [-0.05, 0) is 70.5 Å². The molecule has 0 aliphatic carbocycles. The van der Waals surface area contributed by atoms with Crippen molar-refractivity contribution in [1.82, 2.24) is 5.32 Å². The van der Waals surface area contributed by atoms with Gasteiger partial charge in [-0.15, -0.1) is 11.3 Å². The van der Waals surface area contributed by atoms with Crippen molar-refractivity contribution in [2.24, 2.45) is 0 Å². The quantitative estimate of drug-likeness (QED) is 0.702. The van der Waals surface area contributed by atoms with Crippen molar-refractivity contribution < 1.29 is 0 Å². The summed E-state index contributed by atoms with van der Waals surface area (Å²) in [4.78, 5) is 1.34. The van der Waals surface area contributed by atoms with E-state index in [0.717, 1.165) is 6.54 Å². The van der Waals surface area contributed by atoms with Crippen LogP contribution in [-0.2, 0) is 0 Å². The van der Waals surface area contributed by atoms with Crippen molar-refractivity contribution in [3.63, 3.8) is 0 Å². The molecule has 0 fully saturated rings. The van der Waals surface area contributed by atoms with Gasteiger partial charge in [0.05, 0.1) is 6.04 Å². The van der Waals surface area contributed by atoms with E-state index in [4.69, 9.17) is 0 Å². The molecule has 1 heterocycles. The number of benzene rings is 1. The Balaban J connectivity index is 2.51. The fourth-order valence-corrected chi connectivity index (χ4v) is 4.33. The maximum absolute atomic E-state index is 3.65. The van der Waals surface area contributed by atoms with Gasteiger partial charge < -0.3 is 5.32 Å². The van der Waals surface area contributed by atoms with E-state index in [-0.39, 0.29) is 6.04 Å². The van der Waals surface area contributed by atoms with Crippen molar-refractivity contribution in [1.29, 1.82) is 0 Å². The molecule has 0 spiro atoms. The predicted molar refractivity (Wildman–Crippen MR) is 91.2 cm³/mol. The molecule has 1 atom stereocenters. The molecule has 0 saturated carbocycles. The van der Waals surface area contributed by atoms with Crippen LogP contribution in [0.1, 0.15) is 34.5 Å². The van der Waals surface area contributed by atoms with Crippen LogP contribution >= 0.6 is 43.2 Å². The second kappa shape index (κ2) is 6.53. The maximum Gasteiger partial charge on any atom is 0.0685 e. The Bertz CT molecular complexity index is 578. The zero-order valence-electron chi connectivity index (χ0n) is 11.3. The summed E-state index contributed by atoms with van der Waals surface area (Å²) >= 11 is 9.05. The molecule has 2 aromatic rings. The van der Waals surface area contributed by atoms with Gasteiger partial charge in [0.1, 0.15) is 0 Å². The Labute approximate surface area is 135 Å². The second-order valence-electron chi connectivity index (χ2n) is 4.58. The van der Waals surface area contributed by atoms with Crippen molar-refractivity contribution in [2.75, 3.05) is 6.54 Å². The molecular formula is C15H17Br2NS. The largest absolute Gasteiger partial charge is 0.306 e. The lowest BCUT2D eigenvalue weighted by Crippen LogP contribution is -2.22. The molecule has 0 saturated heterocycles. The summed E-state index contributed by atoms with van der Waals surface area (Å²) < 4.78 is 2.36. The minimum atomic E-state index is 0.256. The average Bonchev–Trinajstić information content (AvgIpc) is 2.77. The molecule has 0 radical (unpaired) electrons. The lowest BCUT2D eigenvalue weighted by atomic mass is 9.98. The molecule has 1 aromatic carbocycles. The molecule has 4 heteroatoms. The lowest BCUT2D eigenvalue weighted by Gasteiger charge is -2.21. The summed E-state index contributed by atoms with van der Waals surface area (Å²) in [5.74, 6) is 0. The number of hydrogen-bond donors (Lipinski definition) is 1. The Hall–Kier alpha value is -0.160. The van der Waals surface area contributed by atoms with Gasteiger partial charge >= 0.3 is 0 Å². The number of halogens is 2. The topological polar surface area (TPSA) is 12.0 Å². The van der Waals surface area contributed by atoms with Gasteiger partial charge in [0.15, 0.2) is 0 Å². The van der Waals surface area contributed by atoms with Gasteiger partial charge in [-0.1, -0.05) is 28.9 Å². The van der Waals surface area contributed by atoms with Gasteiger partial charge in [0, 0.05) is 13.8 Å². The standard InChI is InChI=1S/C15H17Br2NS/c1-4-18-14(15-12(16)5-6-19-15)11-7-10(3)13(17)8-9(11)2/h5-8,14,18H,4H2,1-3H3. The van der Waals surface area contributed by atoms with Crippen LogP contribution in [0, 0.1) is 13.8 Å². The van der Waals surface area contributed by atoms with Crippen molar-refractivity contribution in [3.8, 4) is 0 Å². The monoisotopic (exact) mass is 401 g/mol. The van der Waals surface area contributed by atoms with E-state index < -0.39 is 0 Å². The van der Waals surface area contributed by atoms with Crippen LogP contribution in [-0.4, -0.2) is 6.54 Å². The van der Waals surface area contributed by atoms with Crippen LogP contribution in [0.3, 0.4) is 0 Å². The molecular weight excluding hydrogens is 386 g/mol. The van der Waals surface area contributed by atoms with Crippen LogP contribution < -0.4 is 5.32 Å². The first kappa shape index (κ1) is 15.2. The van der Waals surface area contributed by atoms with Crippen LogP contribution in [0.15, 0.2) is 32.5 Å². The first-order chi connectivity index (χ1) is 9.04. The first-order valence-corrected chi connectivity index (χ1v) is 8.74. The fraction of sp³-hybridized carbons (Fsp3) is 0.333. The minimum Gasteiger partial charge on any atom is -0.306 e. The van der Waals surface area contributed by atoms with Crippen LogP contribution in [0.4, 0.5) is 0 Å². The number of nitrogens with one attached hydrogen (secondary N) is 1. The predicted octanol–water partition coefficient (Wildman–Crippen LogP) is 5.59. The molecule has 1 nitrogen and oxygen atoms in total. The highest BCUT2D eigenvalue weighted by Gasteiger charge is 2.19. The molecule has 19 heavy (non-hydrogen) atoms. The van der Waals surface area contributed by atoms with Gasteiger partial charge in [-0.25, -0.2) is 0 Å². The van der Waals surface area contributed by atoms with E-state index in [2.05, 4.69) is 81.5 Å². The number of thiophene rings is 1. The van der Waals surface area contributed by atoms with Crippen LogP contribution in [0.2, 0.25) is 0 Å². The molecule has 0 aliphatic rings. The van der Waals surface area contributed by atoms with E-state index in [1.807, 2.05) is 0 Å². The van der Waals surface area contributed by atoms with E-state index in [9.17, 15) is 0 Å². The third-order valence-corrected chi connectivity index (χ3v) is 5.96. The smallest absolute Gasteiger partial charge is 0.0685 e. The zero-order chi connectivity index (χ0) is 14.0. The van der Waals surface area contributed by atoms with E-state index in [0.29, 0.717) is 0 Å². The number of rotatable bonds is 4. The summed E-state index contributed by atoms with van der Waals surface area (Å²) in [5, 5.41) is 5.72. The van der Waals surface area contributed by atoms with E-state index in [1.165, 1.54) is 30.5 Å². The number of aryl methyl sites for hydroxylation is 2. The normalized spacial score (nSPS) is 12.7. The van der Waals surface area contributed by atoms with E-state index >= 15 is 0 Å². The molecule has 0 bridgehead atoms. The third-order valence-electron chi connectivity index (χ3n) is 3.17. The summed E-state index contributed by atoms with van der Waals surface area (Å²) in [6.07, 6.45) is 0. The van der Waals surface area contributed by atoms with Crippen molar-refractivity contribution in [3.05, 3.63) is 54.1 Å². The second-order valence-corrected chi connectivity index (χ2v) is 7.24. The van der Waals surface area contributed by atoms with Crippen LogP contribution in [0.5, 0.6) is 0 Å². The lowest BCUT2D eigenvalue weighted by molar-refractivity contribution is 0.634. The Morgan fingerprint density at radius 2 is 1.89 bits per heavy atom. The zero-order valence-corrected chi connectivity index (χ0v) is 15.2. The Morgan fingerprint density at radius 3 is 2.47 bits per heavy atom. The van der Waals surface area contributed by atoms with Crippen molar-refractivity contribution >= 4 is 43.2 Å². The fourth-order valence-electron chi connectivity index (χ4n) is 2.17. The van der Waals surface area contributed by atoms with Gasteiger partial charge in [-0.3, -0.25) is 0 Å². The molecule has 102 valence electrons.